The van der Waals surface area contributed by atoms with E-state index in [9.17, 15) is 4.79 Å². The fourth-order valence-corrected chi connectivity index (χ4v) is 4.50. The molecule has 0 saturated carbocycles. The second kappa shape index (κ2) is 6.55. The van der Waals surface area contributed by atoms with Gasteiger partial charge in [-0.05, 0) is 43.5 Å². The number of benzene rings is 1. The number of aromatic nitrogens is 2. The first-order chi connectivity index (χ1) is 13.7. The first kappa shape index (κ1) is 17.1. The smallest absolute Gasteiger partial charge is 0.276 e. The van der Waals surface area contributed by atoms with E-state index in [-0.39, 0.29) is 11.4 Å². The number of nitrogens with zero attached hydrogens (tertiary/aromatic N) is 3. The van der Waals surface area contributed by atoms with E-state index in [0.717, 1.165) is 37.1 Å². The number of fused-ring (bicyclic) bond motifs is 4. The van der Waals surface area contributed by atoms with Gasteiger partial charge in [0.05, 0.1) is 16.9 Å². The number of aryl methyl sites for hydroxylation is 1. The molecule has 1 amide bonds. The Morgan fingerprint density at radius 1 is 1.21 bits per heavy atom. The molecule has 0 radical (unpaired) electrons. The lowest BCUT2D eigenvalue weighted by atomic mass is 9.82. The molecule has 4 heterocycles. The SMILES string of the molecule is CCCc1cc(C(=O)N2CCC3(CC2)Nc2ccccc2-n2cccc23)no1. The van der Waals surface area contributed by atoms with E-state index >= 15 is 0 Å². The molecule has 0 atom stereocenters. The van der Waals surface area contributed by atoms with Crippen molar-refractivity contribution in [3.63, 3.8) is 0 Å². The zero-order chi connectivity index (χ0) is 19.1. The Hall–Kier alpha value is -3.02. The monoisotopic (exact) mass is 376 g/mol. The molecule has 2 aliphatic heterocycles. The minimum absolute atomic E-state index is 0.0347. The molecule has 1 spiro atoms. The number of amides is 1. The van der Waals surface area contributed by atoms with Crippen LogP contribution in [0.2, 0.25) is 0 Å². The Morgan fingerprint density at radius 2 is 2.04 bits per heavy atom. The Morgan fingerprint density at radius 3 is 2.86 bits per heavy atom. The third-order valence-corrected chi connectivity index (χ3v) is 5.96. The fourth-order valence-electron chi connectivity index (χ4n) is 4.50. The van der Waals surface area contributed by atoms with Crippen LogP contribution < -0.4 is 5.32 Å². The van der Waals surface area contributed by atoms with Gasteiger partial charge in [0.1, 0.15) is 5.76 Å². The van der Waals surface area contributed by atoms with Crippen molar-refractivity contribution in [2.75, 3.05) is 18.4 Å². The van der Waals surface area contributed by atoms with Gasteiger partial charge >= 0.3 is 0 Å². The van der Waals surface area contributed by atoms with Crippen LogP contribution in [0.4, 0.5) is 5.69 Å². The maximum atomic E-state index is 12.9. The van der Waals surface area contributed by atoms with Gasteiger partial charge in [0.15, 0.2) is 5.69 Å². The van der Waals surface area contributed by atoms with Crippen molar-refractivity contribution in [2.45, 2.75) is 38.1 Å². The van der Waals surface area contributed by atoms with Gasteiger partial charge in [-0.3, -0.25) is 4.79 Å². The molecule has 6 nitrogen and oxygen atoms in total. The summed E-state index contributed by atoms with van der Waals surface area (Å²) in [5.41, 5.74) is 3.87. The van der Waals surface area contributed by atoms with Crippen LogP contribution in [0.3, 0.4) is 0 Å². The van der Waals surface area contributed by atoms with Crippen LogP contribution in [-0.2, 0) is 12.0 Å². The number of piperidine rings is 1. The number of carbonyl (C=O) groups excluding carboxylic acids is 1. The highest BCUT2D eigenvalue weighted by atomic mass is 16.5. The standard InChI is InChI=1S/C22H24N4O2/c1-2-6-16-15-18(24-28-16)21(27)25-13-10-22(11-14-25)20-9-5-12-26(20)19-8-4-3-7-17(19)23-22/h3-5,7-9,12,15,23H,2,6,10-11,13-14H2,1H3. The van der Waals surface area contributed by atoms with E-state index in [4.69, 9.17) is 4.52 Å². The van der Waals surface area contributed by atoms with Gasteiger partial charge in [0.25, 0.3) is 5.91 Å². The van der Waals surface area contributed by atoms with E-state index in [1.54, 1.807) is 6.07 Å². The van der Waals surface area contributed by atoms with E-state index in [1.165, 1.54) is 11.4 Å². The maximum Gasteiger partial charge on any atom is 0.276 e. The molecule has 0 unspecified atom stereocenters. The molecular formula is C22H24N4O2. The first-order valence-corrected chi connectivity index (χ1v) is 10.0. The summed E-state index contributed by atoms with van der Waals surface area (Å²) in [7, 11) is 0. The Labute approximate surface area is 164 Å². The van der Waals surface area contributed by atoms with E-state index in [0.29, 0.717) is 18.8 Å². The van der Waals surface area contributed by atoms with Gasteiger partial charge in [0, 0.05) is 37.5 Å². The molecule has 6 heteroatoms. The van der Waals surface area contributed by atoms with Gasteiger partial charge < -0.3 is 19.3 Å². The lowest BCUT2D eigenvalue weighted by Gasteiger charge is -2.46. The molecule has 0 aliphatic carbocycles. The van der Waals surface area contributed by atoms with Crippen LogP contribution in [0.15, 0.2) is 53.2 Å². The molecule has 1 saturated heterocycles. The van der Waals surface area contributed by atoms with Crippen LogP contribution in [0.25, 0.3) is 5.69 Å². The zero-order valence-electron chi connectivity index (χ0n) is 16.0. The topological polar surface area (TPSA) is 63.3 Å². The van der Waals surface area contributed by atoms with Crippen molar-refractivity contribution in [3.05, 3.63) is 65.8 Å². The number of anilines is 1. The highest BCUT2D eigenvalue weighted by Gasteiger charge is 2.42. The van der Waals surface area contributed by atoms with Gasteiger partial charge in [0.2, 0.25) is 0 Å². The van der Waals surface area contributed by atoms with Gasteiger partial charge in [-0.15, -0.1) is 0 Å². The number of hydrogen-bond acceptors (Lipinski definition) is 4. The third kappa shape index (κ3) is 2.63. The fraction of sp³-hybridized carbons (Fsp3) is 0.364. The second-order valence-electron chi connectivity index (χ2n) is 7.71. The Bertz CT molecular complexity index is 1010. The summed E-state index contributed by atoms with van der Waals surface area (Å²) < 4.78 is 7.56. The lowest BCUT2D eigenvalue weighted by molar-refractivity contribution is 0.0666. The van der Waals surface area contributed by atoms with E-state index < -0.39 is 0 Å². The molecule has 3 aromatic rings. The first-order valence-electron chi connectivity index (χ1n) is 10.0. The number of para-hydroxylation sites is 2. The number of rotatable bonds is 3. The van der Waals surface area contributed by atoms with Crippen molar-refractivity contribution in [1.82, 2.24) is 14.6 Å². The molecule has 0 bridgehead atoms. The molecule has 2 aromatic heterocycles. The molecule has 1 fully saturated rings. The summed E-state index contributed by atoms with van der Waals surface area (Å²) in [6.45, 7) is 3.46. The summed E-state index contributed by atoms with van der Waals surface area (Å²) in [4.78, 5) is 14.8. The third-order valence-electron chi connectivity index (χ3n) is 5.96. The summed E-state index contributed by atoms with van der Waals surface area (Å²) in [6.07, 6.45) is 5.62. The lowest BCUT2D eigenvalue weighted by Crippen LogP contribution is -2.51. The normalized spacial score (nSPS) is 17.1. The number of carbonyl (C=O) groups is 1. The molecule has 1 aromatic carbocycles. The van der Waals surface area contributed by atoms with Crippen molar-refractivity contribution in [3.8, 4) is 5.69 Å². The minimum atomic E-state index is -0.147. The second-order valence-corrected chi connectivity index (χ2v) is 7.71. The largest absolute Gasteiger partial charge is 0.372 e. The van der Waals surface area contributed by atoms with Crippen LogP contribution in [0.5, 0.6) is 0 Å². The van der Waals surface area contributed by atoms with Crippen molar-refractivity contribution in [1.29, 1.82) is 0 Å². The van der Waals surface area contributed by atoms with Crippen LogP contribution >= 0.6 is 0 Å². The molecule has 5 rings (SSSR count). The number of hydrogen-bond donors (Lipinski definition) is 1. The number of nitrogens with one attached hydrogen (secondary N) is 1. The van der Waals surface area contributed by atoms with Crippen molar-refractivity contribution < 1.29 is 9.32 Å². The molecular weight excluding hydrogens is 352 g/mol. The van der Waals surface area contributed by atoms with Crippen LogP contribution in [0, 0.1) is 0 Å². The van der Waals surface area contributed by atoms with E-state index in [1.807, 2.05) is 4.90 Å². The molecule has 1 N–H and O–H groups in total. The predicted octanol–water partition coefficient (Wildman–Crippen LogP) is 3.97. The summed E-state index contributed by atoms with van der Waals surface area (Å²) in [5.74, 6) is 0.746. The van der Waals surface area contributed by atoms with Crippen molar-refractivity contribution >= 4 is 11.6 Å². The van der Waals surface area contributed by atoms with Gasteiger partial charge in [-0.2, -0.15) is 0 Å². The van der Waals surface area contributed by atoms with Crippen LogP contribution in [-0.4, -0.2) is 33.6 Å². The minimum Gasteiger partial charge on any atom is -0.372 e. The highest BCUT2D eigenvalue weighted by molar-refractivity contribution is 5.92. The van der Waals surface area contributed by atoms with Gasteiger partial charge in [-0.25, -0.2) is 0 Å². The van der Waals surface area contributed by atoms with E-state index in [2.05, 4.69) is 64.6 Å². The number of likely N-dealkylation sites (tertiary alicyclic amines) is 1. The summed E-state index contributed by atoms with van der Waals surface area (Å²) >= 11 is 0. The van der Waals surface area contributed by atoms with Gasteiger partial charge in [-0.1, -0.05) is 24.2 Å². The molecule has 144 valence electrons. The average Bonchev–Trinajstić information content (AvgIpc) is 3.39. The maximum absolute atomic E-state index is 12.9. The zero-order valence-corrected chi connectivity index (χ0v) is 16.0. The molecule has 2 aliphatic rings. The summed E-state index contributed by atoms with van der Waals surface area (Å²) in [5, 5.41) is 7.77. The molecule has 28 heavy (non-hydrogen) atoms. The summed E-state index contributed by atoms with van der Waals surface area (Å²) in [6, 6.07) is 14.5. The Kier molecular flexibility index (Phi) is 4.00. The average molecular weight is 376 g/mol. The Balaban J connectivity index is 1.36. The van der Waals surface area contributed by atoms with Crippen LogP contribution in [0.1, 0.15) is 48.1 Å². The quantitative estimate of drug-likeness (QED) is 0.751. The highest BCUT2D eigenvalue weighted by Crippen LogP contribution is 2.43. The van der Waals surface area contributed by atoms with Crippen molar-refractivity contribution in [2.24, 2.45) is 0 Å². The predicted molar refractivity (Wildman–Crippen MR) is 107 cm³/mol.